The average Bonchev–Trinajstić information content (AvgIpc) is 2.72. The summed E-state index contributed by atoms with van der Waals surface area (Å²) in [4.78, 5) is 0. The first-order valence-corrected chi connectivity index (χ1v) is 6.28. The molecule has 17 heavy (non-hydrogen) atoms. The van der Waals surface area contributed by atoms with E-state index < -0.39 is 0 Å². The van der Waals surface area contributed by atoms with E-state index in [0.717, 1.165) is 16.7 Å². The van der Waals surface area contributed by atoms with E-state index in [-0.39, 0.29) is 6.04 Å². The molecule has 2 aromatic rings. The van der Waals surface area contributed by atoms with Gasteiger partial charge in [-0.05, 0) is 24.6 Å². The molecule has 1 aromatic heterocycles. The van der Waals surface area contributed by atoms with E-state index in [1.54, 1.807) is 4.68 Å². The van der Waals surface area contributed by atoms with Crippen molar-refractivity contribution in [3.8, 4) is 0 Å². The lowest BCUT2D eigenvalue weighted by Gasteiger charge is -2.13. The Balaban J connectivity index is 1.95. The van der Waals surface area contributed by atoms with Crippen molar-refractivity contribution in [2.75, 3.05) is 0 Å². The molecule has 1 aromatic carbocycles. The number of hydrogen-bond donors (Lipinski definition) is 1. The fourth-order valence-electron chi connectivity index (χ4n) is 1.63. The van der Waals surface area contributed by atoms with E-state index in [1.807, 2.05) is 25.4 Å². The summed E-state index contributed by atoms with van der Waals surface area (Å²) in [7, 11) is 1.87. The van der Waals surface area contributed by atoms with Crippen LogP contribution in [0.4, 0.5) is 0 Å². The fourth-order valence-corrected chi connectivity index (χ4v) is 2.04. The molecule has 0 bridgehead atoms. The molecule has 0 amide bonds. The van der Waals surface area contributed by atoms with Crippen molar-refractivity contribution < 1.29 is 0 Å². The number of halogens is 1. The molecule has 5 heteroatoms. The van der Waals surface area contributed by atoms with Crippen molar-refractivity contribution in [3.63, 3.8) is 0 Å². The van der Waals surface area contributed by atoms with Gasteiger partial charge < -0.3 is 5.32 Å². The first kappa shape index (κ1) is 12.3. The Morgan fingerprint density at radius 3 is 2.94 bits per heavy atom. The van der Waals surface area contributed by atoms with Crippen LogP contribution in [-0.2, 0) is 13.6 Å². The van der Waals surface area contributed by atoms with Gasteiger partial charge in [-0.1, -0.05) is 33.3 Å². The molecular formula is C12H15BrN4. The molecule has 0 aliphatic rings. The summed E-state index contributed by atoms with van der Waals surface area (Å²) in [5.74, 6) is 0. The number of benzene rings is 1. The molecule has 0 radical (unpaired) electrons. The van der Waals surface area contributed by atoms with Crippen LogP contribution in [0.2, 0.25) is 0 Å². The van der Waals surface area contributed by atoms with E-state index in [1.165, 1.54) is 5.56 Å². The van der Waals surface area contributed by atoms with Crippen molar-refractivity contribution >= 4 is 15.9 Å². The highest BCUT2D eigenvalue weighted by Gasteiger charge is 2.06. The highest BCUT2D eigenvalue weighted by Crippen LogP contribution is 2.17. The molecule has 2 rings (SSSR count). The fraction of sp³-hybridized carbons (Fsp3) is 0.333. The zero-order valence-corrected chi connectivity index (χ0v) is 11.5. The van der Waals surface area contributed by atoms with Crippen LogP contribution in [0, 0.1) is 0 Å². The SMILES string of the molecule is CC(NCc1cn(C)nn1)c1cccc(Br)c1. The molecular weight excluding hydrogens is 280 g/mol. The lowest BCUT2D eigenvalue weighted by atomic mass is 10.1. The van der Waals surface area contributed by atoms with Crippen LogP contribution in [0.1, 0.15) is 24.2 Å². The van der Waals surface area contributed by atoms with E-state index in [4.69, 9.17) is 0 Å². The maximum absolute atomic E-state index is 4.04. The van der Waals surface area contributed by atoms with Gasteiger partial charge in [0.2, 0.25) is 0 Å². The number of aromatic nitrogens is 3. The summed E-state index contributed by atoms with van der Waals surface area (Å²) < 4.78 is 2.81. The normalized spacial score (nSPS) is 12.6. The summed E-state index contributed by atoms with van der Waals surface area (Å²) in [5, 5.41) is 11.4. The van der Waals surface area contributed by atoms with Crippen LogP contribution in [0.25, 0.3) is 0 Å². The summed E-state index contributed by atoms with van der Waals surface area (Å²) in [6.45, 7) is 2.86. The highest BCUT2D eigenvalue weighted by atomic mass is 79.9. The molecule has 0 aliphatic heterocycles. The van der Waals surface area contributed by atoms with Gasteiger partial charge in [-0.25, -0.2) is 0 Å². The lowest BCUT2D eigenvalue weighted by molar-refractivity contribution is 0.567. The van der Waals surface area contributed by atoms with Gasteiger partial charge in [0.25, 0.3) is 0 Å². The predicted molar refractivity (Wildman–Crippen MR) is 70.4 cm³/mol. The minimum atomic E-state index is 0.287. The largest absolute Gasteiger partial charge is 0.304 e. The molecule has 0 saturated carbocycles. The molecule has 4 nitrogen and oxygen atoms in total. The first-order chi connectivity index (χ1) is 8.15. The van der Waals surface area contributed by atoms with Gasteiger partial charge in [0, 0.05) is 30.3 Å². The van der Waals surface area contributed by atoms with Crippen molar-refractivity contribution in [1.82, 2.24) is 20.3 Å². The lowest BCUT2D eigenvalue weighted by Crippen LogP contribution is -2.18. The van der Waals surface area contributed by atoms with Crippen LogP contribution < -0.4 is 5.32 Å². The molecule has 1 unspecified atom stereocenters. The third-order valence-corrected chi connectivity index (χ3v) is 3.08. The summed E-state index contributed by atoms with van der Waals surface area (Å²) in [6.07, 6.45) is 1.92. The third kappa shape index (κ3) is 3.38. The zero-order chi connectivity index (χ0) is 12.3. The number of nitrogens with zero attached hydrogens (tertiary/aromatic N) is 3. The second-order valence-corrected chi connectivity index (χ2v) is 4.96. The smallest absolute Gasteiger partial charge is 0.0964 e. The van der Waals surface area contributed by atoms with Gasteiger partial charge in [0.1, 0.15) is 0 Å². The van der Waals surface area contributed by atoms with Crippen molar-refractivity contribution in [2.24, 2.45) is 7.05 Å². The third-order valence-electron chi connectivity index (χ3n) is 2.59. The molecule has 90 valence electrons. The van der Waals surface area contributed by atoms with Crippen molar-refractivity contribution in [3.05, 3.63) is 46.2 Å². The van der Waals surface area contributed by atoms with Crippen LogP contribution in [0.15, 0.2) is 34.9 Å². The Morgan fingerprint density at radius 1 is 1.47 bits per heavy atom. The van der Waals surface area contributed by atoms with Gasteiger partial charge >= 0.3 is 0 Å². The first-order valence-electron chi connectivity index (χ1n) is 5.49. The summed E-state index contributed by atoms with van der Waals surface area (Å²) in [5.41, 5.74) is 2.21. The van der Waals surface area contributed by atoms with E-state index in [0.29, 0.717) is 0 Å². The number of aryl methyl sites for hydroxylation is 1. The van der Waals surface area contributed by atoms with Crippen LogP contribution >= 0.6 is 15.9 Å². The van der Waals surface area contributed by atoms with Gasteiger partial charge in [-0.15, -0.1) is 5.10 Å². The quantitative estimate of drug-likeness (QED) is 0.942. The molecule has 0 aliphatic carbocycles. The van der Waals surface area contributed by atoms with Crippen molar-refractivity contribution in [2.45, 2.75) is 19.5 Å². The Labute approximate surface area is 109 Å². The Morgan fingerprint density at radius 2 is 2.29 bits per heavy atom. The van der Waals surface area contributed by atoms with Gasteiger partial charge in [-0.3, -0.25) is 4.68 Å². The standard InChI is InChI=1S/C12H15BrN4/c1-9(10-4-3-5-11(13)6-10)14-7-12-8-17(2)16-15-12/h3-6,8-9,14H,7H2,1-2H3. The minimum Gasteiger partial charge on any atom is -0.304 e. The maximum Gasteiger partial charge on any atom is 0.0964 e. The van der Waals surface area contributed by atoms with Gasteiger partial charge in [0.05, 0.1) is 5.69 Å². The molecule has 1 N–H and O–H groups in total. The predicted octanol–water partition coefficient (Wildman–Crippen LogP) is 2.43. The van der Waals surface area contributed by atoms with E-state index >= 15 is 0 Å². The van der Waals surface area contributed by atoms with Crippen LogP contribution in [-0.4, -0.2) is 15.0 Å². The van der Waals surface area contributed by atoms with Crippen LogP contribution in [0.3, 0.4) is 0 Å². The average molecular weight is 295 g/mol. The van der Waals surface area contributed by atoms with Gasteiger partial charge in [0.15, 0.2) is 0 Å². The van der Waals surface area contributed by atoms with Crippen LogP contribution in [0.5, 0.6) is 0 Å². The van der Waals surface area contributed by atoms with Gasteiger partial charge in [-0.2, -0.15) is 0 Å². The van der Waals surface area contributed by atoms with Crippen molar-refractivity contribution in [1.29, 1.82) is 0 Å². The summed E-state index contributed by atoms with van der Waals surface area (Å²) in [6, 6.07) is 8.58. The highest BCUT2D eigenvalue weighted by molar-refractivity contribution is 9.10. The Bertz CT molecular complexity index is 495. The number of rotatable bonds is 4. The summed E-state index contributed by atoms with van der Waals surface area (Å²) >= 11 is 3.48. The molecule has 0 saturated heterocycles. The minimum absolute atomic E-state index is 0.287. The topological polar surface area (TPSA) is 42.7 Å². The number of nitrogens with one attached hydrogen (secondary N) is 1. The van der Waals surface area contributed by atoms with E-state index in [9.17, 15) is 0 Å². The maximum atomic E-state index is 4.04. The monoisotopic (exact) mass is 294 g/mol. The Kier molecular flexibility index (Phi) is 3.91. The molecule has 0 fully saturated rings. The van der Waals surface area contributed by atoms with E-state index in [2.05, 4.69) is 50.6 Å². The molecule has 1 atom stereocenters. The molecule has 0 spiro atoms. The zero-order valence-electron chi connectivity index (χ0n) is 9.89. The molecule has 1 heterocycles. The number of hydrogen-bond acceptors (Lipinski definition) is 3. The second-order valence-electron chi connectivity index (χ2n) is 4.04. The Hall–Kier alpha value is -1.20. The second kappa shape index (κ2) is 5.42.